The summed E-state index contributed by atoms with van der Waals surface area (Å²) in [6.07, 6.45) is 2.22. The minimum absolute atomic E-state index is 0.00117. The molecule has 1 N–H and O–H groups in total. The molecule has 0 radical (unpaired) electrons. The van der Waals surface area contributed by atoms with E-state index in [0.717, 1.165) is 12.8 Å². The number of carbonyl (C=O) groups is 1. The molecule has 1 aliphatic rings. The highest BCUT2D eigenvalue weighted by Gasteiger charge is 2.20. The highest BCUT2D eigenvalue weighted by molar-refractivity contribution is 7.89. The Kier molecular flexibility index (Phi) is 4.91. The fraction of sp³-hybridized carbons (Fsp3) is 0.500. The number of sulfonamides is 1. The molecule has 1 fully saturated rings. The highest BCUT2D eigenvalue weighted by atomic mass is 32.2. The molecule has 0 saturated carbocycles. The van der Waals surface area contributed by atoms with Crippen LogP contribution < -0.4 is 4.72 Å². The van der Waals surface area contributed by atoms with Gasteiger partial charge in [0.2, 0.25) is 10.0 Å². The molecule has 20 heavy (non-hydrogen) atoms. The first-order chi connectivity index (χ1) is 9.53. The number of nitrogens with one attached hydrogen (secondary N) is 1. The van der Waals surface area contributed by atoms with Gasteiger partial charge in [-0.3, -0.25) is 4.79 Å². The molecule has 1 aliphatic heterocycles. The summed E-state index contributed by atoms with van der Waals surface area (Å²) in [6.45, 7) is 2.76. The number of Topliss-reactive ketones (excluding diaryl/α,β-unsaturated/α-hetero) is 1. The molecule has 1 aromatic rings. The Hall–Kier alpha value is -1.24. The van der Waals surface area contributed by atoms with Crippen LogP contribution in [0.2, 0.25) is 0 Å². The third-order valence-corrected chi connectivity index (χ3v) is 4.77. The number of hydrogen-bond donors (Lipinski definition) is 1. The lowest BCUT2D eigenvalue weighted by molar-refractivity contribution is 0.0988. The molecule has 0 spiro atoms. The van der Waals surface area contributed by atoms with Crippen LogP contribution in [0.4, 0.5) is 0 Å². The van der Waals surface area contributed by atoms with E-state index in [4.69, 9.17) is 4.74 Å². The summed E-state index contributed by atoms with van der Waals surface area (Å²) in [5, 5.41) is 0. The van der Waals surface area contributed by atoms with Crippen molar-refractivity contribution in [3.05, 3.63) is 29.8 Å². The fourth-order valence-corrected chi connectivity index (χ4v) is 3.18. The van der Waals surface area contributed by atoms with E-state index in [0.29, 0.717) is 18.6 Å². The highest BCUT2D eigenvalue weighted by Crippen LogP contribution is 2.14. The van der Waals surface area contributed by atoms with E-state index in [9.17, 15) is 13.2 Å². The van der Waals surface area contributed by atoms with Crippen LogP contribution in [0, 0.1) is 0 Å². The van der Waals surface area contributed by atoms with Crippen molar-refractivity contribution in [1.29, 1.82) is 0 Å². The van der Waals surface area contributed by atoms with E-state index in [-0.39, 0.29) is 23.3 Å². The Morgan fingerprint density at radius 2 is 2.05 bits per heavy atom. The van der Waals surface area contributed by atoms with Crippen molar-refractivity contribution in [2.45, 2.75) is 37.2 Å². The van der Waals surface area contributed by atoms with E-state index in [1.165, 1.54) is 12.1 Å². The normalized spacial score (nSPS) is 19.1. The molecular weight excluding hydrogens is 278 g/mol. The van der Waals surface area contributed by atoms with Crippen LogP contribution in [0.1, 0.15) is 36.5 Å². The van der Waals surface area contributed by atoms with Gasteiger partial charge in [-0.2, -0.15) is 0 Å². The monoisotopic (exact) mass is 297 g/mol. The third kappa shape index (κ3) is 3.65. The maximum absolute atomic E-state index is 12.1. The first kappa shape index (κ1) is 15.2. The Morgan fingerprint density at radius 3 is 2.60 bits per heavy atom. The Labute approximate surface area is 119 Å². The Balaban J connectivity index is 2.03. The molecule has 1 saturated heterocycles. The quantitative estimate of drug-likeness (QED) is 0.812. The van der Waals surface area contributed by atoms with E-state index in [1.54, 1.807) is 19.1 Å². The van der Waals surface area contributed by atoms with E-state index in [1.807, 2.05) is 0 Å². The maximum Gasteiger partial charge on any atom is 0.240 e. The van der Waals surface area contributed by atoms with Crippen molar-refractivity contribution in [1.82, 2.24) is 4.72 Å². The Bertz CT molecular complexity index is 559. The van der Waals surface area contributed by atoms with Crippen molar-refractivity contribution in [2.24, 2.45) is 0 Å². The second-order valence-electron chi connectivity index (χ2n) is 4.79. The number of hydrogen-bond acceptors (Lipinski definition) is 4. The average Bonchev–Trinajstić information content (AvgIpc) is 2.98. The van der Waals surface area contributed by atoms with Crippen LogP contribution in [0.3, 0.4) is 0 Å². The standard InChI is InChI=1S/C14H19NO4S/c1-2-14(16)11-5-7-13(8-6-11)20(17,18)15-10-12-4-3-9-19-12/h5-8,12,15H,2-4,9-10H2,1H3. The lowest BCUT2D eigenvalue weighted by Crippen LogP contribution is -2.31. The topological polar surface area (TPSA) is 72.5 Å². The van der Waals surface area contributed by atoms with Gasteiger partial charge in [0.1, 0.15) is 0 Å². The lowest BCUT2D eigenvalue weighted by Gasteiger charge is -2.11. The Morgan fingerprint density at radius 1 is 1.35 bits per heavy atom. The van der Waals surface area contributed by atoms with Crippen molar-refractivity contribution in [3.63, 3.8) is 0 Å². The molecule has 1 heterocycles. The number of carbonyl (C=O) groups excluding carboxylic acids is 1. The molecule has 110 valence electrons. The molecule has 0 aliphatic carbocycles. The third-order valence-electron chi connectivity index (χ3n) is 3.33. The predicted octanol–water partition coefficient (Wildman–Crippen LogP) is 1.74. The van der Waals surface area contributed by atoms with Crippen LogP contribution in [-0.2, 0) is 14.8 Å². The van der Waals surface area contributed by atoms with Gasteiger partial charge in [0.05, 0.1) is 11.0 Å². The number of benzene rings is 1. The van der Waals surface area contributed by atoms with Gasteiger partial charge in [-0.25, -0.2) is 13.1 Å². The van der Waals surface area contributed by atoms with Gasteiger partial charge in [0, 0.05) is 25.1 Å². The van der Waals surface area contributed by atoms with Gasteiger partial charge in [-0.1, -0.05) is 19.1 Å². The number of rotatable bonds is 6. The summed E-state index contributed by atoms with van der Waals surface area (Å²) >= 11 is 0. The number of ketones is 1. The zero-order valence-electron chi connectivity index (χ0n) is 11.5. The second-order valence-corrected chi connectivity index (χ2v) is 6.55. The summed E-state index contributed by atoms with van der Waals surface area (Å²) in [6, 6.07) is 6.01. The summed E-state index contributed by atoms with van der Waals surface area (Å²) in [5.74, 6) is 0.00117. The zero-order valence-corrected chi connectivity index (χ0v) is 12.3. The molecule has 1 atom stereocenters. The van der Waals surface area contributed by atoms with Gasteiger partial charge in [0.25, 0.3) is 0 Å². The average molecular weight is 297 g/mol. The molecular formula is C14H19NO4S. The molecule has 5 nitrogen and oxygen atoms in total. The molecule has 0 aromatic heterocycles. The summed E-state index contributed by atoms with van der Waals surface area (Å²) in [7, 11) is -3.54. The maximum atomic E-state index is 12.1. The summed E-state index contributed by atoms with van der Waals surface area (Å²) in [5.41, 5.74) is 0.533. The van der Waals surface area contributed by atoms with E-state index in [2.05, 4.69) is 4.72 Å². The molecule has 0 amide bonds. The molecule has 1 unspecified atom stereocenters. The van der Waals surface area contributed by atoms with Gasteiger partial charge in [-0.15, -0.1) is 0 Å². The van der Waals surface area contributed by atoms with Crippen molar-refractivity contribution >= 4 is 15.8 Å². The molecule has 0 bridgehead atoms. The van der Waals surface area contributed by atoms with Crippen molar-refractivity contribution in [3.8, 4) is 0 Å². The van der Waals surface area contributed by atoms with Crippen molar-refractivity contribution in [2.75, 3.05) is 13.2 Å². The van der Waals surface area contributed by atoms with Gasteiger partial charge in [-0.05, 0) is 25.0 Å². The number of ether oxygens (including phenoxy) is 1. The smallest absolute Gasteiger partial charge is 0.240 e. The van der Waals surface area contributed by atoms with Gasteiger partial charge < -0.3 is 4.74 Å². The van der Waals surface area contributed by atoms with E-state index < -0.39 is 10.0 Å². The minimum atomic E-state index is -3.54. The lowest BCUT2D eigenvalue weighted by atomic mass is 10.1. The van der Waals surface area contributed by atoms with Crippen LogP contribution in [0.5, 0.6) is 0 Å². The fourth-order valence-electron chi connectivity index (χ4n) is 2.12. The van der Waals surface area contributed by atoms with Gasteiger partial charge >= 0.3 is 0 Å². The molecule has 2 rings (SSSR count). The van der Waals surface area contributed by atoms with Crippen LogP contribution in [0.25, 0.3) is 0 Å². The predicted molar refractivity (Wildman–Crippen MR) is 75.2 cm³/mol. The van der Waals surface area contributed by atoms with Crippen LogP contribution >= 0.6 is 0 Å². The minimum Gasteiger partial charge on any atom is -0.377 e. The van der Waals surface area contributed by atoms with Crippen LogP contribution in [0.15, 0.2) is 29.2 Å². The zero-order chi connectivity index (χ0) is 14.6. The molecule has 1 aromatic carbocycles. The van der Waals surface area contributed by atoms with Crippen LogP contribution in [-0.4, -0.2) is 33.5 Å². The van der Waals surface area contributed by atoms with Crippen molar-refractivity contribution < 1.29 is 17.9 Å². The SMILES string of the molecule is CCC(=O)c1ccc(S(=O)(=O)NCC2CCCO2)cc1. The van der Waals surface area contributed by atoms with E-state index >= 15 is 0 Å². The summed E-state index contributed by atoms with van der Waals surface area (Å²) in [4.78, 5) is 11.7. The first-order valence-electron chi connectivity index (χ1n) is 6.77. The largest absolute Gasteiger partial charge is 0.377 e. The second kappa shape index (κ2) is 6.47. The summed E-state index contributed by atoms with van der Waals surface area (Å²) < 4.78 is 32.1. The molecule has 6 heteroatoms. The first-order valence-corrected chi connectivity index (χ1v) is 8.26. The van der Waals surface area contributed by atoms with Gasteiger partial charge in [0.15, 0.2) is 5.78 Å².